The predicted molar refractivity (Wildman–Crippen MR) is 101 cm³/mol. The number of amides is 1. The molecule has 25 heavy (non-hydrogen) atoms. The van der Waals surface area contributed by atoms with Gasteiger partial charge in [-0.3, -0.25) is 4.79 Å². The van der Waals surface area contributed by atoms with Crippen molar-refractivity contribution in [3.63, 3.8) is 0 Å². The Bertz CT molecular complexity index is 663. The Hall–Kier alpha value is -2.49. The fourth-order valence-corrected chi connectivity index (χ4v) is 2.20. The summed E-state index contributed by atoms with van der Waals surface area (Å²) in [6, 6.07) is 15.2. The quantitative estimate of drug-likeness (QED) is 0.758. The number of hydrogen-bond donors (Lipinski definition) is 1. The lowest BCUT2D eigenvalue weighted by Gasteiger charge is -2.15. The molecule has 0 fully saturated rings. The second kappa shape index (κ2) is 9.11. The minimum absolute atomic E-state index is 0.185. The number of anilines is 1. The van der Waals surface area contributed by atoms with Gasteiger partial charge in [0.05, 0.1) is 6.61 Å². The Kier molecular flexibility index (Phi) is 6.87. The van der Waals surface area contributed by atoms with E-state index in [1.807, 2.05) is 48.5 Å². The van der Waals surface area contributed by atoms with Crippen molar-refractivity contribution in [2.75, 3.05) is 11.9 Å². The van der Waals surface area contributed by atoms with Crippen LogP contribution in [0.4, 0.5) is 5.69 Å². The number of nitrogens with one attached hydrogen (secondary N) is 1. The van der Waals surface area contributed by atoms with E-state index in [1.54, 1.807) is 6.92 Å². The molecule has 1 unspecified atom stereocenters. The van der Waals surface area contributed by atoms with Crippen molar-refractivity contribution >= 4 is 11.6 Å². The first kappa shape index (κ1) is 18.8. The molecule has 1 amide bonds. The predicted octanol–water partition coefficient (Wildman–Crippen LogP) is 4.69. The molecule has 2 rings (SSSR count). The summed E-state index contributed by atoms with van der Waals surface area (Å²) in [7, 11) is 0. The molecule has 0 radical (unpaired) electrons. The maximum Gasteiger partial charge on any atom is 0.265 e. The molecule has 0 saturated heterocycles. The number of rotatable bonds is 8. The second-order valence-corrected chi connectivity index (χ2v) is 6.48. The van der Waals surface area contributed by atoms with Gasteiger partial charge in [0.25, 0.3) is 5.91 Å². The van der Waals surface area contributed by atoms with Crippen molar-refractivity contribution in [2.24, 2.45) is 5.92 Å². The Balaban J connectivity index is 1.87. The molecule has 0 heterocycles. The standard InChI is InChI=1S/C21H27NO3/c1-5-17-6-10-20(11-7-17)25-16(4)21(23)22-18-8-12-19(13-9-18)24-14-15(2)3/h6-13,15-16H,5,14H2,1-4H3,(H,22,23). The molecule has 0 spiro atoms. The molecule has 0 bridgehead atoms. The van der Waals surface area contributed by atoms with Crippen molar-refractivity contribution in [1.29, 1.82) is 0 Å². The highest BCUT2D eigenvalue weighted by molar-refractivity contribution is 5.94. The molecule has 1 N–H and O–H groups in total. The number of aryl methyl sites for hydroxylation is 1. The third kappa shape index (κ3) is 6.14. The van der Waals surface area contributed by atoms with E-state index in [0.717, 1.165) is 17.9 Å². The first-order valence-corrected chi connectivity index (χ1v) is 8.77. The topological polar surface area (TPSA) is 47.6 Å². The van der Waals surface area contributed by atoms with Crippen molar-refractivity contribution in [3.05, 3.63) is 54.1 Å². The highest BCUT2D eigenvalue weighted by Gasteiger charge is 2.15. The van der Waals surface area contributed by atoms with Gasteiger partial charge in [0.1, 0.15) is 11.5 Å². The molecule has 134 valence electrons. The zero-order valence-corrected chi connectivity index (χ0v) is 15.4. The first-order valence-electron chi connectivity index (χ1n) is 8.77. The summed E-state index contributed by atoms with van der Waals surface area (Å²) < 4.78 is 11.3. The van der Waals surface area contributed by atoms with E-state index < -0.39 is 6.10 Å². The lowest BCUT2D eigenvalue weighted by molar-refractivity contribution is -0.122. The van der Waals surface area contributed by atoms with E-state index >= 15 is 0 Å². The molecule has 0 aliphatic carbocycles. The van der Waals surface area contributed by atoms with Crippen LogP contribution in [-0.2, 0) is 11.2 Å². The monoisotopic (exact) mass is 341 g/mol. The van der Waals surface area contributed by atoms with Crippen molar-refractivity contribution in [3.8, 4) is 11.5 Å². The van der Waals surface area contributed by atoms with Gasteiger partial charge in [-0.15, -0.1) is 0 Å². The van der Waals surface area contributed by atoms with Gasteiger partial charge < -0.3 is 14.8 Å². The molecule has 0 aliphatic heterocycles. The largest absolute Gasteiger partial charge is 0.493 e. The second-order valence-electron chi connectivity index (χ2n) is 6.48. The van der Waals surface area contributed by atoms with Crippen molar-refractivity contribution in [1.82, 2.24) is 0 Å². The number of carbonyl (C=O) groups is 1. The Morgan fingerprint density at radius 3 is 2.12 bits per heavy atom. The summed E-state index contributed by atoms with van der Waals surface area (Å²) in [6.45, 7) is 8.72. The van der Waals surface area contributed by atoms with E-state index in [-0.39, 0.29) is 5.91 Å². The average Bonchev–Trinajstić information content (AvgIpc) is 2.61. The Labute approximate surface area is 150 Å². The Morgan fingerprint density at radius 1 is 0.960 bits per heavy atom. The zero-order valence-electron chi connectivity index (χ0n) is 15.4. The lowest BCUT2D eigenvalue weighted by atomic mass is 10.2. The summed E-state index contributed by atoms with van der Waals surface area (Å²) in [4.78, 5) is 12.3. The normalized spacial score (nSPS) is 11.9. The molecule has 1 atom stereocenters. The van der Waals surface area contributed by atoms with E-state index in [9.17, 15) is 4.79 Å². The van der Waals surface area contributed by atoms with Crippen LogP contribution in [0, 0.1) is 5.92 Å². The number of benzene rings is 2. The van der Waals surface area contributed by atoms with Crippen LogP contribution in [0.25, 0.3) is 0 Å². The van der Waals surface area contributed by atoms with Crippen LogP contribution >= 0.6 is 0 Å². The first-order chi connectivity index (χ1) is 12.0. The van der Waals surface area contributed by atoms with Crippen LogP contribution < -0.4 is 14.8 Å². The summed E-state index contributed by atoms with van der Waals surface area (Å²) >= 11 is 0. The SMILES string of the molecule is CCc1ccc(OC(C)C(=O)Nc2ccc(OCC(C)C)cc2)cc1. The van der Waals surface area contributed by atoms with Gasteiger partial charge in [-0.25, -0.2) is 0 Å². The van der Waals surface area contributed by atoms with Gasteiger partial charge in [0.2, 0.25) is 0 Å². The molecule has 0 aliphatic rings. The smallest absolute Gasteiger partial charge is 0.265 e. The molecule has 2 aromatic carbocycles. The average molecular weight is 341 g/mol. The van der Waals surface area contributed by atoms with E-state index in [4.69, 9.17) is 9.47 Å². The maximum atomic E-state index is 12.3. The fourth-order valence-electron chi connectivity index (χ4n) is 2.20. The molecule has 0 saturated carbocycles. The lowest BCUT2D eigenvalue weighted by Crippen LogP contribution is -2.30. The molecule has 4 nitrogen and oxygen atoms in total. The van der Waals surface area contributed by atoms with Crippen LogP contribution in [0.3, 0.4) is 0 Å². The van der Waals surface area contributed by atoms with Crippen LogP contribution in [-0.4, -0.2) is 18.6 Å². The summed E-state index contributed by atoms with van der Waals surface area (Å²) in [5.74, 6) is 1.78. The third-order valence-electron chi connectivity index (χ3n) is 3.72. The van der Waals surface area contributed by atoms with Crippen LogP contribution in [0.5, 0.6) is 11.5 Å². The van der Waals surface area contributed by atoms with Crippen molar-refractivity contribution in [2.45, 2.75) is 40.2 Å². The highest BCUT2D eigenvalue weighted by Crippen LogP contribution is 2.18. The number of carbonyl (C=O) groups excluding carboxylic acids is 1. The molecular weight excluding hydrogens is 314 g/mol. The highest BCUT2D eigenvalue weighted by atomic mass is 16.5. The van der Waals surface area contributed by atoms with Crippen molar-refractivity contribution < 1.29 is 14.3 Å². The van der Waals surface area contributed by atoms with Gasteiger partial charge in [-0.05, 0) is 61.2 Å². The minimum atomic E-state index is -0.579. The van der Waals surface area contributed by atoms with Gasteiger partial charge in [0, 0.05) is 5.69 Å². The van der Waals surface area contributed by atoms with Gasteiger partial charge in [-0.2, -0.15) is 0 Å². The third-order valence-corrected chi connectivity index (χ3v) is 3.72. The van der Waals surface area contributed by atoms with Crippen LogP contribution in [0.2, 0.25) is 0 Å². The molecule has 0 aromatic heterocycles. The van der Waals surface area contributed by atoms with Crippen LogP contribution in [0.15, 0.2) is 48.5 Å². The van der Waals surface area contributed by atoms with E-state index in [1.165, 1.54) is 5.56 Å². The van der Waals surface area contributed by atoms with Gasteiger partial charge >= 0.3 is 0 Å². The Morgan fingerprint density at radius 2 is 1.56 bits per heavy atom. The summed E-state index contributed by atoms with van der Waals surface area (Å²) in [5, 5.41) is 2.86. The van der Waals surface area contributed by atoms with Crippen LogP contribution in [0.1, 0.15) is 33.3 Å². The molecular formula is C21H27NO3. The zero-order chi connectivity index (χ0) is 18.2. The summed E-state index contributed by atoms with van der Waals surface area (Å²) in [6.07, 6.45) is 0.400. The van der Waals surface area contributed by atoms with E-state index in [0.29, 0.717) is 18.3 Å². The van der Waals surface area contributed by atoms with Gasteiger partial charge in [-0.1, -0.05) is 32.9 Å². The van der Waals surface area contributed by atoms with Gasteiger partial charge in [0.15, 0.2) is 6.10 Å². The maximum absolute atomic E-state index is 12.3. The summed E-state index contributed by atoms with van der Waals surface area (Å²) in [5.41, 5.74) is 1.96. The molecule has 4 heteroatoms. The molecule has 2 aromatic rings. The number of ether oxygens (including phenoxy) is 2. The number of hydrogen-bond acceptors (Lipinski definition) is 3. The van der Waals surface area contributed by atoms with E-state index in [2.05, 4.69) is 26.1 Å². The fraction of sp³-hybridized carbons (Fsp3) is 0.381. The minimum Gasteiger partial charge on any atom is -0.493 e.